The number of benzene rings is 1. The van der Waals surface area contributed by atoms with Crippen molar-refractivity contribution in [2.45, 2.75) is 13.8 Å². The third-order valence-corrected chi connectivity index (χ3v) is 2.84. The molecule has 0 unspecified atom stereocenters. The quantitative estimate of drug-likeness (QED) is 0.741. The van der Waals surface area contributed by atoms with Crippen LogP contribution in [0.15, 0.2) is 24.3 Å². The maximum Gasteiger partial charge on any atom is 0.261 e. The molecule has 0 saturated carbocycles. The van der Waals surface area contributed by atoms with Crippen molar-refractivity contribution < 1.29 is 14.4 Å². The van der Waals surface area contributed by atoms with Gasteiger partial charge in [-0.1, -0.05) is 26.0 Å². The highest BCUT2D eigenvalue weighted by atomic mass is 16.2. The average Bonchev–Trinajstić information content (AvgIpc) is 2.55. The van der Waals surface area contributed by atoms with E-state index < -0.39 is 0 Å². The summed E-state index contributed by atoms with van der Waals surface area (Å²) in [5.41, 5.74) is 0.767. The lowest BCUT2D eigenvalue weighted by atomic mass is 10.1. The normalized spacial score (nSPS) is 14.4. The molecule has 0 radical (unpaired) electrons. The predicted octanol–water partition coefficient (Wildman–Crippen LogP) is 1.51. The van der Waals surface area contributed by atoms with Gasteiger partial charge in [0.05, 0.1) is 17.7 Å². The standard InChI is InChI=1S/C13H13NO3/c1-8(2)11(15)7-14-12(16)9-5-3-4-6-10(9)13(14)17/h3-6,8H,7H2,1-2H3. The van der Waals surface area contributed by atoms with Gasteiger partial charge >= 0.3 is 0 Å². The highest BCUT2D eigenvalue weighted by Gasteiger charge is 2.36. The molecule has 0 bridgehead atoms. The lowest BCUT2D eigenvalue weighted by Gasteiger charge is -2.13. The van der Waals surface area contributed by atoms with Gasteiger partial charge in [0.2, 0.25) is 0 Å². The number of imide groups is 1. The van der Waals surface area contributed by atoms with Gasteiger partial charge in [0, 0.05) is 5.92 Å². The van der Waals surface area contributed by atoms with Crippen molar-refractivity contribution in [1.82, 2.24) is 4.90 Å². The minimum atomic E-state index is -0.375. The maximum absolute atomic E-state index is 11.9. The summed E-state index contributed by atoms with van der Waals surface area (Å²) in [6.45, 7) is 3.37. The molecule has 17 heavy (non-hydrogen) atoms. The van der Waals surface area contributed by atoms with E-state index in [1.807, 2.05) is 0 Å². The molecule has 1 aromatic rings. The number of fused-ring (bicyclic) bond motifs is 1. The molecule has 4 heteroatoms. The zero-order valence-electron chi connectivity index (χ0n) is 9.77. The number of carbonyl (C=O) groups excluding carboxylic acids is 3. The Bertz CT molecular complexity index is 470. The Kier molecular flexibility index (Phi) is 2.79. The van der Waals surface area contributed by atoms with Crippen LogP contribution < -0.4 is 0 Å². The molecule has 0 fully saturated rings. The number of amides is 2. The molecule has 0 aromatic heterocycles. The molecular weight excluding hydrogens is 218 g/mol. The molecule has 0 spiro atoms. The third-order valence-electron chi connectivity index (χ3n) is 2.84. The van der Waals surface area contributed by atoms with Crippen molar-refractivity contribution >= 4 is 17.6 Å². The van der Waals surface area contributed by atoms with Gasteiger partial charge in [0.25, 0.3) is 11.8 Å². The number of nitrogens with zero attached hydrogens (tertiary/aromatic N) is 1. The monoisotopic (exact) mass is 231 g/mol. The van der Waals surface area contributed by atoms with Gasteiger partial charge in [-0.25, -0.2) is 0 Å². The first-order valence-electron chi connectivity index (χ1n) is 5.50. The van der Waals surface area contributed by atoms with Crippen LogP contribution in [0.5, 0.6) is 0 Å². The fourth-order valence-electron chi connectivity index (χ4n) is 1.72. The zero-order chi connectivity index (χ0) is 12.6. The molecule has 1 aliphatic heterocycles. The molecule has 0 saturated heterocycles. The topological polar surface area (TPSA) is 54.5 Å². The summed E-state index contributed by atoms with van der Waals surface area (Å²) in [4.78, 5) is 36.5. The fourth-order valence-corrected chi connectivity index (χ4v) is 1.72. The summed E-state index contributed by atoms with van der Waals surface area (Å²) in [5, 5.41) is 0. The Morgan fingerprint density at radius 1 is 1.12 bits per heavy atom. The molecule has 1 aromatic carbocycles. The highest BCUT2D eigenvalue weighted by molar-refractivity contribution is 6.22. The molecule has 88 valence electrons. The molecular formula is C13H13NO3. The second-order valence-electron chi connectivity index (χ2n) is 4.36. The van der Waals surface area contributed by atoms with E-state index in [1.165, 1.54) is 0 Å². The Labute approximate surface area is 99.2 Å². The second kappa shape index (κ2) is 4.13. The van der Waals surface area contributed by atoms with Crippen LogP contribution in [-0.4, -0.2) is 29.0 Å². The van der Waals surface area contributed by atoms with Gasteiger partial charge < -0.3 is 0 Å². The van der Waals surface area contributed by atoms with Crippen molar-refractivity contribution in [2.75, 3.05) is 6.54 Å². The molecule has 4 nitrogen and oxygen atoms in total. The first-order chi connectivity index (χ1) is 8.02. The van der Waals surface area contributed by atoms with Gasteiger partial charge in [0.1, 0.15) is 0 Å². The van der Waals surface area contributed by atoms with Crippen molar-refractivity contribution in [3.8, 4) is 0 Å². The Morgan fingerprint density at radius 2 is 1.59 bits per heavy atom. The van der Waals surface area contributed by atoms with E-state index in [0.29, 0.717) is 11.1 Å². The van der Waals surface area contributed by atoms with E-state index in [-0.39, 0.29) is 30.1 Å². The predicted molar refractivity (Wildman–Crippen MR) is 61.7 cm³/mol. The summed E-state index contributed by atoms with van der Waals surface area (Å²) in [6, 6.07) is 6.63. The minimum Gasteiger partial charge on any atom is -0.297 e. The molecule has 2 amide bonds. The molecule has 0 atom stereocenters. The van der Waals surface area contributed by atoms with Crippen molar-refractivity contribution in [2.24, 2.45) is 5.92 Å². The van der Waals surface area contributed by atoms with Crippen LogP contribution in [0.3, 0.4) is 0 Å². The molecule has 0 N–H and O–H groups in total. The van der Waals surface area contributed by atoms with E-state index in [2.05, 4.69) is 0 Å². The van der Waals surface area contributed by atoms with Crippen LogP contribution in [0.1, 0.15) is 34.6 Å². The van der Waals surface area contributed by atoms with E-state index in [4.69, 9.17) is 0 Å². The number of hydrogen-bond donors (Lipinski definition) is 0. The highest BCUT2D eigenvalue weighted by Crippen LogP contribution is 2.22. The minimum absolute atomic E-state index is 0.112. The largest absolute Gasteiger partial charge is 0.297 e. The van der Waals surface area contributed by atoms with Crippen molar-refractivity contribution in [3.63, 3.8) is 0 Å². The Hall–Kier alpha value is -1.97. The Morgan fingerprint density at radius 3 is 2.00 bits per heavy atom. The van der Waals surface area contributed by atoms with Crippen LogP contribution in [0.4, 0.5) is 0 Å². The van der Waals surface area contributed by atoms with Crippen LogP contribution in [0.2, 0.25) is 0 Å². The first-order valence-corrected chi connectivity index (χ1v) is 5.50. The summed E-state index contributed by atoms with van der Waals surface area (Å²) < 4.78 is 0. The SMILES string of the molecule is CC(C)C(=O)CN1C(=O)c2ccccc2C1=O. The summed E-state index contributed by atoms with van der Waals surface area (Å²) in [7, 11) is 0. The average molecular weight is 231 g/mol. The summed E-state index contributed by atoms with van der Waals surface area (Å²) >= 11 is 0. The molecule has 2 rings (SSSR count). The van der Waals surface area contributed by atoms with Crippen LogP contribution in [0, 0.1) is 5.92 Å². The Balaban J connectivity index is 2.28. The number of ketones is 1. The van der Waals surface area contributed by atoms with Crippen molar-refractivity contribution in [3.05, 3.63) is 35.4 Å². The summed E-state index contributed by atoms with van der Waals surface area (Å²) in [5.74, 6) is -1.04. The lowest BCUT2D eigenvalue weighted by Crippen LogP contribution is -2.36. The summed E-state index contributed by atoms with van der Waals surface area (Å²) in [6.07, 6.45) is 0. The second-order valence-corrected chi connectivity index (χ2v) is 4.36. The fraction of sp³-hybridized carbons (Fsp3) is 0.308. The van der Waals surface area contributed by atoms with E-state index in [0.717, 1.165) is 4.90 Å². The zero-order valence-corrected chi connectivity index (χ0v) is 9.77. The molecule has 0 aliphatic carbocycles. The van der Waals surface area contributed by atoms with Crippen LogP contribution in [0.25, 0.3) is 0 Å². The number of carbonyl (C=O) groups is 3. The van der Waals surface area contributed by atoms with Gasteiger partial charge in [-0.05, 0) is 12.1 Å². The van der Waals surface area contributed by atoms with Gasteiger partial charge in [0.15, 0.2) is 5.78 Å². The molecule has 1 aliphatic rings. The number of Topliss-reactive ketones (excluding diaryl/α,β-unsaturated/α-hetero) is 1. The van der Waals surface area contributed by atoms with E-state index in [1.54, 1.807) is 38.1 Å². The van der Waals surface area contributed by atoms with Crippen molar-refractivity contribution in [1.29, 1.82) is 0 Å². The third kappa shape index (κ3) is 1.86. The van der Waals surface area contributed by atoms with Crippen LogP contribution in [-0.2, 0) is 4.79 Å². The molecule has 1 heterocycles. The maximum atomic E-state index is 11.9. The van der Waals surface area contributed by atoms with Crippen LogP contribution >= 0.6 is 0 Å². The lowest BCUT2D eigenvalue weighted by molar-refractivity contribution is -0.122. The van der Waals surface area contributed by atoms with Gasteiger partial charge in [-0.15, -0.1) is 0 Å². The smallest absolute Gasteiger partial charge is 0.261 e. The number of hydrogen-bond acceptors (Lipinski definition) is 3. The van der Waals surface area contributed by atoms with E-state index >= 15 is 0 Å². The first kappa shape index (κ1) is 11.5. The van der Waals surface area contributed by atoms with Gasteiger partial charge in [-0.3, -0.25) is 19.3 Å². The number of rotatable bonds is 3. The van der Waals surface area contributed by atoms with E-state index in [9.17, 15) is 14.4 Å². The van der Waals surface area contributed by atoms with Gasteiger partial charge in [-0.2, -0.15) is 0 Å².